The lowest BCUT2D eigenvalue weighted by Gasteiger charge is -1.96. The molecule has 0 radical (unpaired) electrons. The lowest BCUT2D eigenvalue weighted by atomic mass is 10.2. The number of carboxylic acid groups (broad SMARTS) is 1. The molecule has 0 heterocycles. The van der Waals surface area contributed by atoms with Crippen LogP contribution in [0.5, 0.6) is 0 Å². The highest BCUT2D eigenvalue weighted by Gasteiger charge is 2.17. The fourth-order valence-corrected chi connectivity index (χ4v) is 0.987. The number of halogens is 2. The summed E-state index contributed by atoms with van der Waals surface area (Å²) in [5.41, 5.74) is -1.42. The molecule has 17 heavy (non-hydrogen) atoms. The van der Waals surface area contributed by atoms with Gasteiger partial charge >= 0.3 is 11.7 Å². The van der Waals surface area contributed by atoms with Crippen LogP contribution < -0.4 is 0 Å². The number of aliphatic carboxylic acids is 1. The topological polar surface area (TPSA) is 80.4 Å². The molecule has 1 rings (SSSR count). The third-order valence-corrected chi connectivity index (χ3v) is 1.70. The SMILES string of the molecule is O=C(O)CC#Cc1cc(F)c([N+](=O)[O-])cc1F. The van der Waals surface area contributed by atoms with Crippen LogP contribution >= 0.6 is 0 Å². The van der Waals surface area contributed by atoms with Crippen molar-refractivity contribution < 1.29 is 23.6 Å². The highest BCUT2D eigenvalue weighted by atomic mass is 19.1. The Morgan fingerprint density at radius 2 is 2.06 bits per heavy atom. The molecular weight excluding hydrogens is 236 g/mol. The van der Waals surface area contributed by atoms with Gasteiger partial charge in [0.2, 0.25) is 5.82 Å². The van der Waals surface area contributed by atoms with Gasteiger partial charge in [-0.05, 0) is 6.07 Å². The summed E-state index contributed by atoms with van der Waals surface area (Å²) in [5.74, 6) is 0.667. The Morgan fingerprint density at radius 3 is 2.59 bits per heavy atom. The molecular formula is C10H5F2NO4. The van der Waals surface area contributed by atoms with Gasteiger partial charge in [0.1, 0.15) is 12.2 Å². The Hall–Kier alpha value is -2.49. The Morgan fingerprint density at radius 1 is 1.41 bits per heavy atom. The lowest BCUT2D eigenvalue weighted by molar-refractivity contribution is -0.387. The maximum Gasteiger partial charge on any atom is 0.315 e. The molecule has 0 aliphatic heterocycles. The van der Waals surface area contributed by atoms with Gasteiger partial charge in [0.25, 0.3) is 0 Å². The number of hydrogen-bond donors (Lipinski definition) is 1. The van der Waals surface area contributed by atoms with Crippen molar-refractivity contribution in [1.82, 2.24) is 0 Å². The standard InChI is InChI=1S/C10H5F2NO4/c11-7-5-9(13(16)17)8(12)4-6(7)2-1-3-10(14)15/h4-5H,3H2,(H,14,15). The second-order valence-electron chi connectivity index (χ2n) is 2.91. The molecule has 7 heteroatoms. The van der Waals surface area contributed by atoms with Crippen molar-refractivity contribution in [2.75, 3.05) is 0 Å². The maximum absolute atomic E-state index is 13.2. The van der Waals surface area contributed by atoms with E-state index in [0.29, 0.717) is 12.1 Å². The van der Waals surface area contributed by atoms with E-state index in [1.165, 1.54) is 0 Å². The molecule has 0 atom stereocenters. The molecule has 0 aliphatic rings. The minimum atomic E-state index is -1.23. The van der Waals surface area contributed by atoms with E-state index < -0.39 is 40.2 Å². The summed E-state index contributed by atoms with van der Waals surface area (Å²) in [7, 11) is 0. The molecule has 0 bridgehead atoms. The normalized spacial score (nSPS) is 9.29. The first-order valence-corrected chi connectivity index (χ1v) is 4.26. The second kappa shape index (κ2) is 5.03. The molecule has 88 valence electrons. The first-order chi connectivity index (χ1) is 7.91. The Kier molecular flexibility index (Phi) is 3.72. The van der Waals surface area contributed by atoms with Gasteiger partial charge in [-0.1, -0.05) is 11.8 Å². The van der Waals surface area contributed by atoms with E-state index in [0.717, 1.165) is 0 Å². The van der Waals surface area contributed by atoms with Crippen LogP contribution in [0.4, 0.5) is 14.5 Å². The fraction of sp³-hybridized carbons (Fsp3) is 0.100. The van der Waals surface area contributed by atoms with E-state index in [1.54, 1.807) is 0 Å². The Bertz CT molecular complexity index is 545. The molecule has 0 aliphatic carbocycles. The third-order valence-electron chi connectivity index (χ3n) is 1.70. The van der Waals surface area contributed by atoms with Gasteiger partial charge in [-0.15, -0.1) is 0 Å². The zero-order chi connectivity index (χ0) is 13.0. The second-order valence-corrected chi connectivity index (χ2v) is 2.91. The fourth-order valence-electron chi connectivity index (χ4n) is 0.987. The van der Waals surface area contributed by atoms with E-state index in [1.807, 2.05) is 0 Å². The highest BCUT2D eigenvalue weighted by molar-refractivity contribution is 5.70. The lowest BCUT2D eigenvalue weighted by Crippen LogP contribution is -1.96. The van der Waals surface area contributed by atoms with E-state index >= 15 is 0 Å². The smallest absolute Gasteiger partial charge is 0.315 e. The van der Waals surface area contributed by atoms with Gasteiger partial charge < -0.3 is 5.11 Å². The summed E-state index contributed by atoms with van der Waals surface area (Å²) in [4.78, 5) is 19.3. The number of rotatable bonds is 2. The molecule has 0 spiro atoms. The van der Waals surface area contributed by atoms with Crippen LogP contribution in [0.15, 0.2) is 12.1 Å². The molecule has 0 amide bonds. The van der Waals surface area contributed by atoms with Crippen molar-refractivity contribution in [2.24, 2.45) is 0 Å². The van der Waals surface area contributed by atoms with Crippen LogP contribution in [-0.2, 0) is 4.79 Å². The van der Waals surface area contributed by atoms with Gasteiger partial charge in [0.05, 0.1) is 16.6 Å². The largest absolute Gasteiger partial charge is 0.481 e. The first kappa shape index (κ1) is 12.6. The Labute approximate surface area is 93.8 Å². The van der Waals surface area contributed by atoms with Gasteiger partial charge in [-0.3, -0.25) is 14.9 Å². The molecule has 0 saturated heterocycles. The summed E-state index contributed by atoms with van der Waals surface area (Å²) < 4.78 is 26.3. The number of hydrogen-bond acceptors (Lipinski definition) is 3. The zero-order valence-electron chi connectivity index (χ0n) is 8.24. The molecule has 5 nitrogen and oxygen atoms in total. The number of carbonyl (C=O) groups is 1. The number of carboxylic acids is 1. The minimum Gasteiger partial charge on any atom is -0.481 e. The van der Waals surface area contributed by atoms with E-state index in [9.17, 15) is 23.7 Å². The summed E-state index contributed by atoms with van der Waals surface area (Å²) in [6.45, 7) is 0. The molecule has 1 aromatic carbocycles. The number of nitro groups is 1. The van der Waals surface area contributed by atoms with Crippen molar-refractivity contribution in [3.05, 3.63) is 39.4 Å². The quantitative estimate of drug-likeness (QED) is 0.485. The predicted molar refractivity (Wildman–Crippen MR) is 52.1 cm³/mol. The molecule has 0 aromatic heterocycles. The first-order valence-electron chi connectivity index (χ1n) is 4.26. The van der Waals surface area contributed by atoms with Crippen LogP contribution in [0, 0.1) is 33.6 Å². The minimum absolute atomic E-state index is 0.403. The van der Waals surface area contributed by atoms with Crippen LogP contribution in [0.2, 0.25) is 0 Å². The van der Waals surface area contributed by atoms with E-state index in [4.69, 9.17) is 5.11 Å². The maximum atomic E-state index is 13.2. The van der Waals surface area contributed by atoms with Crippen molar-refractivity contribution in [1.29, 1.82) is 0 Å². The summed E-state index contributed by atoms with van der Waals surface area (Å²) in [5, 5.41) is 18.5. The van der Waals surface area contributed by atoms with Crippen LogP contribution in [0.25, 0.3) is 0 Å². The van der Waals surface area contributed by atoms with Gasteiger partial charge in [-0.2, -0.15) is 4.39 Å². The predicted octanol–water partition coefficient (Wildman–Crippen LogP) is 1.70. The molecule has 0 saturated carbocycles. The van der Waals surface area contributed by atoms with Crippen LogP contribution in [-0.4, -0.2) is 16.0 Å². The number of nitrogens with zero attached hydrogens (tertiary/aromatic N) is 1. The van der Waals surface area contributed by atoms with E-state index in [-0.39, 0.29) is 0 Å². The number of nitro benzene ring substituents is 1. The van der Waals surface area contributed by atoms with Gasteiger partial charge in [0, 0.05) is 0 Å². The monoisotopic (exact) mass is 241 g/mol. The van der Waals surface area contributed by atoms with E-state index in [2.05, 4.69) is 11.8 Å². The van der Waals surface area contributed by atoms with Gasteiger partial charge in [-0.25, -0.2) is 4.39 Å². The summed E-state index contributed by atoms with van der Waals surface area (Å²) in [6.07, 6.45) is -0.530. The number of benzene rings is 1. The Balaban J connectivity index is 3.10. The average Bonchev–Trinajstić information content (AvgIpc) is 2.21. The third kappa shape index (κ3) is 3.24. The van der Waals surface area contributed by atoms with Gasteiger partial charge in [0.15, 0.2) is 0 Å². The molecule has 1 N–H and O–H groups in total. The van der Waals surface area contributed by atoms with Crippen molar-refractivity contribution >= 4 is 11.7 Å². The summed E-state index contributed by atoms with van der Waals surface area (Å²) >= 11 is 0. The van der Waals surface area contributed by atoms with Crippen molar-refractivity contribution in [2.45, 2.75) is 6.42 Å². The summed E-state index contributed by atoms with van der Waals surface area (Å²) in [6, 6.07) is 0.961. The van der Waals surface area contributed by atoms with Crippen molar-refractivity contribution in [3.8, 4) is 11.8 Å². The molecule has 0 unspecified atom stereocenters. The highest BCUT2D eigenvalue weighted by Crippen LogP contribution is 2.20. The average molecular weight is 241 g/mol. The van der Waals surface area contributed by atoms with Crippen LogP contribution in [0.1, 0.15) is 12.0 Å². The zero-order valence-corrected chi connectivity index (χ0v) is 8.24. The van der Waals surface area contributed by atoms with Crippen molar-refractivity contribution in [3.63, 3.8) is 0 Å². The molecule has 1 aromatic rings. The van der Waals surface area contributed by atoms with Crippen LogP contribution in [0.3, 0.4) is 0 Å². The molecule has 0 fully saturated rings.